The molecule has 0 saturated heterocycles. The first kappa shape index (κ1) is 15.9. The largest absolute Gasteiger partial charge is 0.489 e. The van der Waals surface area contributed by atoms with Gasteiger partial charge in [-0.05, 0) is 43.7 Å². The lowest BCUT2D eigenvalue weighted by molar-refractivity contribution is -0.112. The third kappa shape index (κ3) is 2.41. The molecule has 122 valence electrons. The van der Waals surface area contributed by atoms with Crippen LogP contribution < -0.4 is 0 Å². The van der Waals surface area contributed by atoms with E-state index in [-0.39, 0.29) is 6.61 Å². The van der Waals surface area contributed by atoms with Gasteiger partial charge in [-0.15, -0.1) is 0 Å². The molecule has 0 fully saturated rings. The van der Waals surface area contributed by atoms with Crippen LogP contribution in [0.5, 0.6) is 0 Å². The molecule has 2 aliphatic rings. The molecule has 0 radical (unpaired) electrons. The normalized spacial score (nSPS) is 23.2. The molecule has 1 aromatic rings. The smallest absolute Gasteiger partial charge is 0.234 e. The summed E-state index contributed by atoms with van der Waals surface area (Å²) < 4.78 is 5.67. The van der Waals surface area contributed by atoms with E-state index in [2.05, 4.69) is 13.8 Å². The number of hydrogen-bond donors (Lipinski definition) is 1. The molecular formula is C19H22O4. The van der Waals surface area contributed by atoms with E-state index in [4.69, 9.17) is 4.74 Å². The molecule has 1 aromatic carbocycles. The number of benzene rings is 1. The molecule has 0 aromatic heterocycles. The lowest BCUT2D eigenvalue weighted by atomic mass is 9.77. The molecule has 1 atom stereocenters. The maximum atomic E-state index is 12.6. The fourth-order valence-corrected chi connectivity index (χ4v) is 3.29. The minimum atomic E-state index is -1.16. The molecule has 4 heteroatoms. The highest BCUT2D eigenvalue weighted by Crippen LogP contribution is 2.43. The van der Waals surface area contributed by atoms with Gasteiger partial charge in [0.25, 0.3) is 0 Å². The summed E-state index contributed by atoms with van der Waals surface area (Å²) in [5.74, 6) is -0.0265. The zero-order valence-corrected chi connectivity index (χ0v) is 14.0. The zero-order valence-electron chi connectivity index (χ0n) is 14.0. The Morgan fingerprint density at radius 2 is 1.91 bits per heavy atom. The van der Waals surface area contributed by atoms with Crippen LogP contribution in [-0.2, 0) is 21.6 Å². The Balaban J connectivity index is 2.26. The maximum absolute atomic E-state index is 12.6. The molecule has 1 aliphatic carbocycles. The number of Topliss-reactive ketones (excluding diaryl/α,β-unsaturated/α-hetero) is 2. The third-order valence-electron chi connectivity index (χ3n) is 4.70. The quantitative estimate of drug-likeness (QED) is 0.871. The number of aryl methyl sites for hydroxylation is 1. The topological polar surface area (TPSA) is 63.6 Å². The number of ketones is 2. The van der Waals surface area contributed by atoms with Crippen molar-refractivity contribution in [2.24, 2.45) is 5.92 Å². The maximum Gasteiger partial charge on any atom is 0.234 e. The van der Waals surface area contributed by atoms with Gasteiger partial charge in [0.15, 0.2) is 0 Å². The Kier molecular flexibility index (Phi) is 3.68. The van der Waals surface area contributed by atoms with Gasteiger partial charge in [0, 0.05) is 16.7 Å². The lowest BCUT2D eigenvalue weighted by Gasteiger charge is -2.36. The van der Waals surface area contributed by atoms with Crippen LogP contribution >= 0.6 is 0 Å². The molecule has 3 rings (SSSR count). The lowest BCUT2D eigenvalue weighted by Crippen LogP contribution is -2.37. The molecule has 0 bridgehead atoms. The Morgan fingerprint density at radius 3 is 2.57 bits per heavy atom. The molecule has 1 heterocycles. The van der Waals surface area contributed by atoms with Crippen LogP contribution in [0.15, 0.2) is 17.7 Å². The predicted octanol–water partition coefficient (Wildman–Crippen LogP) is 3.01. The number of carbonyl (C=O) groups excluding carboxylic acids is 2. The Morgan fingerprint density at radius 1 is 1.22 bits per heavy atom. The van der Waals surface area contributed by atoms with E-state index in [1.54, 1.807) is 13.8 Å². The summed E-state index contributed by atoms with van der Waals surface area (Å²) in [6.07, 6.45) is 1.66. The van der Waals surface area contributed by atoms with Gasteiger partial charge in [0.1, 0.15) is 18.0 Å². The first-order chi connectivity index (χ1) is 10.7. The van der Waals surface area contributed by atoms with E-state index in [0.29, 0.717) is 33.9 Å². The molecule has 0 spiro atoms. The van der Waals surface area contributed by atoms with Crippen LogP contribution in [0.3, 0.4) is 0 Å². The van der Waals surface area contributed by atoms with Crippen LogP contribution in [0.1, 0.15) is 61.2 Å². The van der Waals surface area contributed by atoms with E-state index >= 15 is 0 Å². The van der Waals surface area contributed by atoms with Crippen LogP contribution in [-0.4, -0.2) is 23.3 Å². The van der Waals surface area contributed by atoms with Crippen molar-refractivity contribution in [3.05, 3.63) is 40.0 Å². The summed E-state index contributed by atoms with van der Waals surface area (Å²) in [6, 6.07) is 3.74. The van der Waals surface area contributed by atoms with Crippen LogP contribution in [0, 0.1) is 5.92 Å². The van der Waals surface area contributed by atoms with Gasteiger partial charge in [0.05, 0.1) is 0 Å². The van der Waals surface area contributed by atoms with Gasteiger partial charge in [-0.2, -0.15) is 0 Å². The van der Waals surface area contributed by atoms with Crippen molar-refractivity contribution >= 4 is 17.3 Å². The number of ether oxygens (including phenoxy) is 1. The highest BCUT2D eigenvalue weighted by molar-refractivity contribution is 6.52. The van der Waals surface area contributed by atoms with Gasteiger partial charge in [-0.25, -0.2) is 0 Å². The Hall–Kier alpha value is -1.94. The summed E-state index contributed by atoms with van der Waals surface area (Å²) in [7, 11) is 0. The summed E-state index contributed by atoms with van der Waals surface area (Å²) in [6.45, 7) is 7.62. The first-order valence-electron chi connectivity index (χ1n) is 8.06. The molecule has 4 nitrogen and oxygen atoms in total. The Labute approximate surface area is 136 Å². The van der Waals surface area contributed by atoms with Gasteiger partial charge in [-0.1, -0.05) is 26.0 Å². The summed E-state index contributed by atoms with van der Waals surface area (Å²) >= 11 is 0. The zero-order chi connectivity index (χ0) is 16.9. The van der Waals surface area contributed by atoms with Crippen LogP contribution in [0.25, 0.3) is 5.76 Å². The fraction of sp³-hybridized carbons (Fsp3) is 0.474. The molecule has 1 aliphatic heterocycles. The predicted molar refractivity (Wildman–Crippen MR) is 87.1 cm³/mol. The molecule has 0 amide bonds. The molecule has 23 heavy (non-hydrogen) atoms. The van der Waals surface area contributed by atoms with Gasteiger partial charge in [0.2, 0.25) is 11.6 Å². The molecular weight excluding hydrogens is 292 g/mol. The number of aliphatic hydroxyl groups is 1. The number of carbonyl (C=O) groups is 2. The van der Waals surface area contributed by atoms with Crippen molar-refractivity contribution in [2.45, 2.75) is 46.1 Å². The number of hydrogen-bond acceptors (Lipinski definition) is 4. The van der Waals surface area contributed by atoms with Crippen molar-refractivity contribution < 1.29 is 19.4 Å². The minimum Gasteiger partial charge on any atom is -0.489 e. The van der Waals surface area contributed by atoms with Crippen molar-refractivity contribution in [3.63, 3.8) is 0 Å². The second kappa shape index (κ2) is 5.31. The van der Waals surface area contributed by atoms with Crippen molar-refractivity contribution in [1.82, 2.24) is 0 Å². The fourth-order valence-electron chi connectivity index (χ4n) is 3.29. The number of rotatable bonds is 3. The minimum absolute atomic E-state index is 0.0823. The van der Waals surface area contributed by atoms with Crippen molar-refractivity contribution in [2.75, 3.05) is 6.61 Å². The molecule has 1 unspecified atom stereocenters. The van der Waals surface area contributed by atoms with E-state index in [1.807, 2.05) is 12.1 Å². The average molecular weight is 314 g/mol. The van der Waals surface area contributed by atoms with E-state index in [1.165, 1.54) is 0 Å². The second-order valence-electron chi connectivity index (χ2n) is 7.13. The van der Waals surface area contributed by atoms with E-state index < -0.39 is 17.2 Å². The SMILES string of the molecule is CC1=C2OCC(C)(O)c3ccc(CCC(C)C)c(c32)C(=O)C1=O. The third-order valence-corrected chi connectivity index (χ3v) is 4.70. The molecule has 1 N–H and O–H groups in total. The standard InChI is InChI=1S/C19H22O4/c1-10(2)5-6-12-7-8-13-15-14(12)17(21)16(20)11(3)18(15)23-9-19(13,4)22/h7-8,10,22H,5-6,9H2,1-4H3. The average Bonchev–Trinajstić information content (AvgIpc) is 2.49. The van der Waals surface area contributed by atoms with Gasteiger partial charge < -0.3 is 9.84 Å². The van der Waals surface area contributed by atoms with E-state index in [9.17, 15) is 14.7 Å². The Bertz CT molecular complexity index is 738. The van der Waals surface area contributed by atoms with Crippen molar-refractivity contribution in [1.29, 1.82) is 0 Å². The monoisotopic (exact) mass is 314 g/mol. The number of allylic oxidation sites excluding steroid dienone is 1. The summed E-state index contributed by atoms with van der Waals surface area (Å²) in [5.41, 5.74) is 1.74. The highest BCUT2D eigenvalue weighted by atomic mass is 16.5. The van der Waals surface area contributed by atoms with Crippen LogP contribution in [0.2, 0.25) is 0 Å². The summed E-state index contributed by atoms with van der Waals surface area (Å²) in [4.78, 5) is 24.9. The highest BCUT2D eigenvalue weighted by Gasteiger charge is 2.42. The summed E-state index contributed by atoms with van der Waals surface area (Å²) in [5, 5.41) is 10.6. The second-order valence-corrected chi connectivity index (χ2v) is 7.13. The van der Waals surface area contributed by atoms with Crippen LogP contribution in [0.4, 0.5) is 0 Å². The van der Waals surface area contributed by atoms with Gasteiger partial charge in [-0.3, -0.25) is 9.59 Å². The first-order valence-corrected chi connectivity index (χ1v) is 8.06. The van der Waals surface area contributed by atoms with E-state index in [0.717, 1.165) is 18.4 Å². The molecule has 0 saturated carbocycles. The van der Waals surface area contributed by atoms with Crippen molar-refractivity contribution in [3.8, 4) is 0 Å². The van der Waals surface area contributed by atoms with Gasteiger partial charge >= 0.3 is 0 Å².